The van der Waals surface area contributed by atoms with Crippen molar-refractivity contribution in [3.63, 3.8) is 0 Å². The molecule has 8 nitrogen and oxygen atoms in total. The first-order valence-corrected chi connectivity index (χ1v) is 9.45. The molecule has 27 heavy (non-hydrogen) atoms. The number of carbonyl (C=O) groups is 1. The fourth-order valence-electron chi connectivity index (χ4n) is 4.21. The lowest BCUT2D eigenvalue weighted by molar-refractivity contribution is -0.122. The molecule has 1 amide bonds. The highest BCUT2D eigenvalue weighted by molar-refractivity contribution is 9.10. The smallest absolute Gasteiger partial charge is 0.223 e. The predicted octanol–water partition coefficient (Wildman–Crippen LogP) is 2.27. The van der Waals surface area contributed by atoms with E-state index in [9.17, 15) is 4.79 Å². The van der Waals surface area contributed by atoms with Crippen LogP contribution in [0.1, 0.15) is 6.42 Å². The van der Waals surface area contributed by atoms with Crippen LogP contribution in [0.15, 0.2) is 41.5 Å². The zero-order chi connectivity index (χ0) is 18.5. The standard InChI is InChI=1S/C18H16BrN7O/c19-11-6-23-18-15(25-17(26-18)10-4-21-7-22-5-10)14(11)24-13-9-2-1-8(3-9)12(13)16(20)27/h1-2,4-9,12-13H,3H2,(H2,20,27)(H2,23,24,25,26). The number of primary amides is 1. The van der Waals surface area contributed by atoms with Crippen LogP contribution in [0, 0.1) is 17.8 Å². The van der Waals surface area contributed by atoms with E-state index in [-0.39, 0.29) is 29.7 Å². The van der Waals surface area contributed by atoms with Crippen molar-refractivity contribution < 1.29 is 4.79 Å². The van der Waals surface area contributed by atoms with Crippen LogP contribution in [0.4, 0.5) is 5.69 Å². The van der Waals surface area contributed by atoms with Gasteiger partial charge in [0, 0.05) is 24.6 Å². The van der Waals surface area contributed by atoms with Crippen LogP contribution < -0.4 is 11.1 Å². The van der Waals surface area contributed by atoms with E-state index in [1.54, 1.807) is 18.6 Å². The molecular formula is C18H16BrN7O. The summed E-state index contributed by atoms with van der Waals surface area (Å²) in [5.41, 5.74) is 8.63. The van der Waals surface area contributed by atoms with Gasteiger partial charge in [-0.3, -0.25) is 4.79 Å². The number of allylic oxidation sites excluding steroid dienone is 1. The lowest BCUT2D eigenvalue weighted by Crippen LogP contribution is -2.41. The lowest BCUT2D eigenvalue weighted by Gasteiger charge is -2.28. The third-order valence-corrected chi connectivity index (χ3v) is 6.01. The molecule has 0 aliphatic heterocycles. The molecular weight excluding hydrogens is 410 g/mol. The number of hydrogen-bond acceptors (Lipinski definition) is 6. The van der Waals surface area contributed by atoms with E-state index >= 15 is 0 Å². The monoisotopic (exact) mass is 425 g/mol. The number of carbonyl (C=O) groups excluding carboxylic acids is 1. The molecule has 3 aromatic rings. The van der Waals surface area contributed by atoms with Crippen molar-refractivity contribution in [3.05, 3.63) is 41.5 Å². The fourth-order valence-corrected chi connectivity index (χ4v) is 4.62. The van der Waals surface area contributed by atoms with E-state index in [2.05, 4.69) is 58.3 Å². The molecule has 0 aromatic carbocycles. The van der Waals surface area contributed by atoms with Gasteiger partial charge in [-0.15, -0.1) is 0 Å². The molecule has 0 radical (unpaired) electrons. The molecule has 4 atom stereocenters. The van der Waals surface area contributed by atoms with Gasteiger partial charge in [0.1, 0.15) is 17.7 Å². The summed E-state index contributed by atoms with van der Waals surface area (Å²) in [4.78, 5) is 32.3. The Labute approximate surface area is 162 Å². The highest BCUT2D eigenvalue weighted by Crippen LogP contribution is 2.46. The van der Waals surface area contributed by atoms with Gasteiger partial charge < -0.3 is 16.0 Å². The van der Waals surface area contributed by atoms with Gasteiger partial charge in [0.15, 0.2) is 5.65 Å². The number of aromatic amines is 1. The van der Waals surface area contributed by atoms with Gasteiger partial charge in [-0.05, 0) is 34.2 Å². The molecule has 136 valence electrons. The minimum Gasteiger partial charge on any atom is -0.378 e. The van der Waals surface area contributed by atoms with E-state index in [4.69, 9.17) is 5.73 Å². The number of nitrogens with zero attached hydrogens (tertiary/aromatic N) is 4. The summed E-state index contributed by atoms with van der Waals surface area (Å²) in [5.74, 6) is 0.642. The predicted molar refractivity (Wildman–Crippen MR) is 103 cm³/mol. The van der Waals surface area contributed by atoms with Crippen molar-refractivity contribution in [2.75, 3.05) is 5.32 Å². The first kappa shape index (κ1) is 16.4. The number of pyridine rings is 1. The number of halogens is 1. The molecule has 1 saturated carbocycles. The molecule has 2 bridgehead atoms. The molecule has 4 N–H and O–H groups in total. The second-order valence-electron chi connectivity index (χ2n) is 6.94. The minimum atomic E-state index is -0.266. The van der Waals surface area contributed by atoms with E-state index < -0.39 is 0 Å². The summed E-state index contributed by atoms with van der Waals surface area (Å²) < 4.78 is 0.796. The molecule has 0 spiro atoms. The van der Waals surface area contributed by atoms with Crippen molar-refractivity contribution in [2.45, 2.75) is 12.5 Å². The largest absolute Gasteiger partial charge is 0.378 e. The highest BCUT2D eigenvalue weighted by atomic mass is 79.9. The molecule has 3 heterocycles. The maximum Gasteiger partial charge on any atom is 0.223 e. The zero-order valence-electron chi connectivity index (χ0n) is 14.1. The summed E-state index contributed by atoms with van der Waals surface area (Å²) in [7, 11) is 0. The number of H-pyrrole nitrogens is 1. The Hall–Kier alpha value is -2.81. The van der Waals surface area contributed by atoms with Crippen LogP contribution in [0.2, 0.25) is 0 Å². The van der Waals surface area contributed by atoms with E-state index in [1.165, 1.54) is 6.33 Å². The van der Waals surface area contributed by atoms with E-state index in [0.717, 1.165) is 27.7 Å². The number of hydrogen-bond donors (Lipinski definition) is 3. The Bertz CT molecular complexity index is 1060. The molecule has 1 fully saturated rings. The van der Waals surface area contributed by atoms with Gasteiger partial charge in [0.25, 0.3) is 0 Å². The van der Waals surface area contributed by atoms with Gasteiger partial charge in [0.2, 0.25) is 5.91 Å². The molecule has 3 aromatic heterocycles. The van der Waals surface area contributed by atoms with Crippen LogP contribution >= 0.6 is 15.9 Å². The van der Waals surface area contributed by atoms with E-state index in [1.807, 2.05) is 0 Å². The van der Waals surface area contributed by atoms with Crippen molar-refractivity contribution in [1.29, 1.82) is 0 Å². The topological polar surface area (TPSA) is 122 Å². The summed E-state index contributed by atoms with van der Waals surface area (Å²) in [6.07, 6.45) is 11.8. The number of imidazole rings is 1. The molecule has 2 aliphatic rings. The number of rotatable bonds is 4. The molecule has 0 saturated heterocycles. The second-order valence-corrected chi connectivity index (χ2v) is 7.79. The third-order valence-electron chi connectivity index (χ3n) is 5.41. The number of aromatic nitrogens is 5. The minimum absolute atomic E-state index is 0.0498. The summed E-state index contributed by atoms with van der Waals surface area (Å²) >= 11 is 3.57. The summed E-state index contributed by atoms with van der Waals surface area (Å²) in [6.45, 7) is 0. The zero-order valence-corrected chi connectivity index (χ0v) is 15.7. The van der Waals surface area contributed by atoms with Gasteiger partial charge >= 0.3 is 0 Å². The Kier molecular flexibility index (Phi) is 3.71. The quantitative estimate of drug-likeness (QED) is 0.550. The number of anilines is 1. The Morgan fingerprint density at radius 1 is 1.22 bits per heavy atom. The fraction of sp³-hybridized carbons (Fsp3) is 0.278. The van der Waals surface area contributed by atoms with Gasteiger partial charge in [-0.1, -0.05) is 12.2 Å². The highest BCUT2D eigenvalue weighted by Gasteiger charge is 2.47. The number of nitrogens with two attached hydrogens (primary N) is 1. The van der Waals surface area contributed by atoms with E-state index in [0.29, 0.717) is 11.5 Å². The first-order valence-electron chi connectivity index (χ1n) is 8.65. The summed E-state index contributed by atoms with van der Waals surface area (Å²) in [5, 5.41) is 3.54. The maximum atomic E-state index is 12.0. The Balaban J connectivity index is 1.57. The average molecular weight is 426 g/mol. The Morgan fingerprint density at radius 2 is 2.00 bits per heavy atom. The Morgan fingerprint density at radius 3 is 2.78 bits per heavy atom. The van der Waals surface area contributed by atoms with Gasteiger partial charge in [0.05, 0.1) is 21.6 Å². The van der Waals surface area contributed by atoms with Crippen LogP contribution in [-0.2, 0) is 4.79 Å². The SMILES string of the molecule is NC(=O)C1C2C=CC(C2)C1Nc1c(Br)cnc2nc(-c3cncnc3)[nH]c12. The third kappa shape index (κ3) is 2.61. The molecule has 2 aliphatic carbocycles. The average Bonchev–Trinajstić information content (AvgIpc) is 3.38. The first-order chi connectivity index (χ1) is 13.1. The van der Waals surface area contributed by atoms with Crippen LogP contribution in [-0.4, -0.2) is 36.9 Å². The van der Waals surface area contributed by atoms with Crippen LogP contribution in [0.5, 0.6) is 0 Å². The lowest BCUT2D eigenvalue weighted by atomic mass is 9.88. The second kappa shape index (κ2) is 6.12. The molecule has 4 unspecified atom stereocenters. The molecule has 9 heteroatoms. The normalized spacial score (nSPS) is 26.0. The van der Waals surface area contributed by atoms with Crippen molar-refractivity contribution in [2.24, 2.45) is 23.5 Å². The van der Waals surface area contributed by atoms with Crippen molar-refractivity contribution in [3.8, 4) is 11.4 Å². The number of amides is 1. The van der Waals surface area contributed by atoms with Crippen molar-refractivity contribution >= 4 is 38.7 Å². The van der Waals surface area contributed by atoms with Crippen LogP contribution in [0.25, 0.3) is 22.6 Å². The number of nitrogens with one attached hydrogen (secondary N) is 2. The van der Waals surface area contributed by atoms with Crippen LogP contribution in [0.3, 0.4) is 0 Å². The van der Waals surface area contributed by atoms with Gasteiger partial charge in [-0.2, -0.15) is 0 Å². The van der Waals surface area contributed by atoms with Crippen molar-refractivity contribution in [1.82, 2.24) is 24.9 Å². The van der Waals surface area contributed by atoms with Gasteiger partial charge in [-0.25, -0.2) is 19.9 Å². The summed E-state index contributed by atoms with van der Waals surface area (Å²) in [6, 6.07) is -0.0498. The number of fused-ring (bicyclic) bond motifs is 3. The molecule has 5 rings (SSSR count). The maximum absolute atomic E-state index is 12.0.